The summed E-state index contributed by atoms with van der Waals surface area (Å²) in [5.74, 6) is 0.702. The highest BCUT2D eigenvalue weighted by atomic mass is 16.5. The lowest BCUT2D eigenvalue weighted by atomic mass is 10.2. The minimum absolute atomic E-state index is 0.0194. The van der Waals surface area contributed by atoms with Crippen LogP contribution >= 0.6 is 0 Å². The number of nitrogens with zero attached hydrogens (tertiary/aromatic N) is 1. The van der Waals surface area contributed by atoms with Crippen LogP contribution in [-0.2, 0) is 0 Å². The van der Waals surface area contributed by atoms with Crippen LogP contribution in [0.15, 0.2) is 24.3 Å². The lowest BCUT2D eigenvalue weighted by Gasteiger charge is -2.23. The highest BCUT2D eigenvalue weighted by molar-refractivity contribution is 5.89. The molecule has 5 nitrogen and oxygen atoms in total. The first-order valence-corrected chi connectivity index (χ1v) is 6.07. The number of hydrogen-bond acceptors (Lipinski definition) is 3. The van der Waals surface area contributed by atoms with Gasteiger partial charge in [0.15, 0.2) is 0 Å². The fraction of sp³-hybridized carbons (Fsp3) is 0.462. The monoisotopic (exact) mass is 250 g/mol. The molecule has 1 aliphatic rings. The average Bonchev–Trinajstić information content (AvgIpc) is 2.87. The standard InChI is InChI=1S/C13H18N2O3/c1-18-12-6-2-4-10(8-12)14-13(17)15-7-3-5-11(15)9-16/h2,4,6,8,11,16H,3,5,7,9H2,1H3,(H,14,17)/t11-/m1/s1. The summed E-state index contributed by atoms with van der Waals surface area (Å²) in [6.45, 7) is 0.715. The average molecular weight is 250 g/mol. The Morgan fingerprint density at radius 1 is 1.61 bits per heavy atom. The van der Waals surface area contributed by atoms with Crippen molar-refractivity contribution >= 4 is 11.7 Å². The van der Waals surface area contributed by atoms with E-state index in [1.807, 2.05) is 18.2 Å². The van der Waals surface area contributed by atoms with Crippen LogP contribution in [-0.4, -0.2) is 42.3 Å². The van der Waals surface area contributed by atoms with Crippen molar-refractivity contribution in [1.82, 2.24) is 4.90 Å². The fourth-order valence-electron chi connectivity index (χ4n) is 2.19. The normalized spacial score (nSPS) is 18.8. The molecule has 18 heavy (non-hydrogen) atoms. The third kappa shape index (κ3) is 2.73. The zero-order valence-corrected chi connectivity index (χ0v) is 10.4. The molecular formula is C13H18N2O3. The van der Waals surface area contributed by atoms with Gasteiger partial charge in [-0.3, -0.25) is 0 Å². The van der Waals surface area contributed by atoms with Gasteiger partial charge in [0.25, 0.3) is 0 Å². The molecule has 0 aromatic heterocycles. The number of rotatable bonds is 3. The maximum absolute atomic E-state index is 12.0. The first kappa shape index (κ1) is 12.7. The minimum atomic E-state index is -0.167. The number of methoxy groups -OCH3 is 1. The number of urea groups is 1. The highest BCUT2D eigenvalue weighted by Crippen LogP contribution is 2.20. The van der Waals surface area contributed by atoms with Gasteiger partial charge in [0.1, 0.15) is 5.75 Å². The zero-order chi connectivity index (χ0) is 13.0. The summed E-state index contributed by atoms with van der Waals surface area (Å²) in [5.41, 5.74) is 0.697. The van der Waals surface area contributed by atoms with E-state index in [9.17, 15) is 9.90 Å². The lowest BCUT2D eigenvalue weighted by Crippen LogP contribution is -2.40. The molecule has 0 aliphatic carbocycles. The second-order valence-corrected chi connectivity index (χ2v) is 4.33. The molecule has 1 aromatic carbocycles. The highest BCUT2D eigenvalue weighted by Gasteiger charge is 2.27. The molecule has 1 heterocycles. The molecule has 0 bridgehead atoms. The maximum Gasteiger partial charge on any atom is 0.322 e. The van der Waals surface area contributed by atoms with E-state index in [0.29, 0.717) is 18.0 Å². The molecular weight excluding hydrogens is 232 g/mol. The van der Waals surface area contributed by atoms with Crippen LogP contribution in [0.2, 0.25) is 0 Å². The SMILES string of the molecule is COc1cccc(NC(=O)N2CCC[C@@H]2CO)c1. The van der Waals surface area contributed by atoms with Gasteiger partial charge >= 0.3 is 6.03 Å². The number of aliphatic hydroxyl groups excluding tert-OH is 1. The van der Waals surface area contributed by atoms with Crippen molar-refractivity contribution in [2.45, 2.75) is 18.9 Å². The molecule has 98 valence electrons. The van der Waals surface area contributed by atoms with E-state index in [1.54, 1.807) is 18.1 Å². The van der Waals surface area contributed by atoms with Crippen LogP contribution in [0.25, 0.3) is 0 Å². The first-order chi connectivity index (χ1) is 8.74. The van der Waals surface area contributed by atoms with Crippen LogP contribution in [0.5, 0.6) is 5.75 Å². The van der Waals surface area contributed by atoms with Gasteiger partial charge in [0.05, 0.1) is 19.8 Å². The molecule has 0 unspecified atom stereocenters. The molecule has 0 spiro atoms. The van der Waals surface area contributed by atoms with Gasteiger partial charge in [-0.15, -0.1) is 0 Å². The molecule has 1 aromatic rings. The first-order valence-electron chi connectivity index (χ1n) is 6.07. The van der Waals surface area contributed by atoms with Crippen LogP contribution in [0, 0.1) is 0 Å². The molecule has 2 amide bonds. The maximum atomic E-state index is 12.0. The van der Waals surface area contributed by atoms with Crippen molar-refractivity contribution < 1.29 is 14.6 Å². The van der Waals surface area contributed by atoms with Crippen molar-refractivity contribution in [3.05, 3.63) is 24.3 Å². The molecule has 0 radical (unpaired) electrons. The summed E-state index contributed by atoms with van der Waals surface area (Å²) in [4.78, 5) is 13.7. The van der Waals surface area contributed by atoms with Crippen LogP contribution in [0.4, 0.5) is 10.5 Å². The molecule has 2 rings (SSSR count). The predicted molar refractivity (Wildman–Crippen MR) is 68.8 cm³/mol. The van der Waals surface area contributed by atoms with Crippen molar-refractivity contribution in [3.63, 3.8) is 0 Å². The van der Waals surface area contributed by atoms with Crippen molar-refractivity contribution in [2.24, 2.45) is 0 Å². The third-order valence-corrected chi connectivity index (χ3v) is 3.17. The summed E-state index contributed by atoms with van der Waals surface area (Å²) < 4.78 is 5.10. The molecule has 1 aliphatic heterocycles. The molecule has 2 N–H and O–H groups in total. The van der Waals surface area contributed by atoms with Gasteiger partial charge in [0.2, 0.25) is 0 Å². The number of amides is 2. The van der Waals surface area contributed by atoms with Crippen molar-refractivity contribution in [2.75, 3.05) is 25.6 Å². The van der Waals surface area contributed by atoms with Gasteiger partial charge in [-0.25, -0.2) is 4.79 Å². The van der Waals surface area contributed by atoms with E-state index in [2.05, 4.69) is 5.32 Å². The predicted octanol–water partition coefficient (Wildman–Crippen LogP) is 1.68. The zero-order valence-electron chi connectivity index (χ0n) is 10.4. The number of nitrogens with one attached hydrogen (secondary N) is 1. The van der Waals surface area contributed by atoms with E-state index in [-0.39, 0.29) is 18.7 Å². The second kappa shape index (κ2) is 5.73. The van der Waals surface area contributed by atoms with E-state index in [0.717, 1.165) is 12.8 Å². The largest absolute Gasteiger partial charge is 0.497 e. The molecule has 0 saturated carbocycles. The van der Waals surface area contributed by atoms with Crippen molar-refractivity contribution in [1.29, 1.82) is 0 Å². The Labute approximate surface area is 106 Å². The summed E-state index contributed by atoms with van der Waals surface area (Å²) in [7, 11) is 1.59. The molecule has 1 atom stereocenters. The number of aliphatic hydroxyl groups is 1. The lowest BCUT2D eigenvalue weighted by molar-refractivity contribution is 0.166. The summed E-state index contributed by atoms with van der Waals surface area (Å²) in [6.07, 6.45) is 1.80. The third-order valence-electron chi connectivity index (χ3n) is 3.17. The van der Waals surface area contributed by atoms with Crippen molar-refractivity contribution in [3.8, 4) is 5.75 Å². The van der Waals surface area contributed by atoms with Crippen LogP contribution in [0.3, 0.4) is 0 Å². The Hall–Kier alpha value is -1.75. The summed E-state index contributed by atoms with van der Waals surface area (Å²) >= 11 is 0. The number of anilines is 1. The van der Waals surface area contributed by atoms with Gasteiger partial charge in [-0.05, 0) is 25.0 Å². The van der Waals surface area contributed by atoms with Crippen LogP contribution < -0.4 is 10.1 Å². The topological polar surface area (TPSA) is 61.8 Å². The second-order valence-electron chi connectivity index (χ2n) is 4.33. The quantitative estimate of drug-likeness (QED) is 0.858. The summed E-state index contributed by atoms with van der Waals surface area (Å²) in [5, 5.41) is 12.0. The Morgan fingerprint density at radius 2 is 2.44 bits per heavy atom. The van der Waals surface area contributed by atoms with Crippen LogP contribution in [0.1, 0.15) is 12.8 Å². The number of ether oxygens (including phenoxy) is 1. The van der Waals surface area contributed by atoms with Gasteiger partial charge in [-0.2, -0.15) is 0 Å². The number of carbonyl (C=O) groups excluding carboxylic acids is 1. The van der Waals surface area contributed by atoms with Gasteiger partial charge in [-0.1, -0.05) is 6.07 Å². The Morgan fingerprint density at radius 3 is 3.17 bits per heavy atom. The molecule has 5 heteroatoms. The Bertz CT molecular complexity index is 422. The number of hydrogen-bond donors (Lipinski definition) is 2. The molecule has 1 fully saturated rings. The van der Waals surface area contributed by atoms with E-state index in [4.69, 9.17) is 4.74 Å². The van der Waals surface area contributed by atoms with E-state index in [1.165, 1.54) is 0 Å². The smallest absolute Gasteiger partial charge is 0.322 e. The molecule has 1 saturated heterocycles. The van der Waals surface area contributed by atoms with E-state index >= 15 is 0 Å². The number of benzene rings is 1. The minimum Gasteiger partial charge on any atom is -0.497 e. The Kier molecular flexibility index (Phi) is 4.04. The number of carbonyl (C=O) groups is 1. The van der Waals surface area contributed by atoms with E-state index < -0.39 is 0 Å². The fourth-order valence-corrected chi connectivity index (χ4v) is 2.19. The Balaban J connectivity index is 2.02. The van der Waals surface area contributed by atoms with Gasteiger partial charge < -0.3 is 20.1 Å². The van der Waals surface area contributed by atoms with Gasteiger partial charge in [0, 0.05) is 18.3 Å². The number of likely N-dealkylation sites (tertiary alicyclic amines) is 1. The summed E-state index contributed by atoms with van der Waals surface area (Å²) in [6, 6.07) is 6.99.